The van der Waals surface area contributed by atoms with Crippen LogP contribution in [0.5, 0.6) is 0 Å². The number of hydrogen-bond donors (Lipinski definition) is 2. The zero-order valence-electron chi connectivity index (χ0n) is 11.3. The Labute approximate surface area is 104 Å². The van der Waals surface area contributed by atoms with Gasteiger partial charge in [-0.05, 0) is 24.2 Å². The quantitative estimate of drug-likeness (QED) is 0.752. The number of nitrogens with one attached hydrogen (secondary N) is 1. The SMILES string of the molecule is CC(C)(C)[Si](C)(C)OC[C@H]1NC(=O)C=C[C@@H]1O. The lowest BCUT2D eigenvalue weighted by Crippen LogP contribution is -2.51. The van der Waals surface area contributed by atoms with Crippen LogP contribution < -0.4 is 5.32 Å². The third-order valence-corrected chi connectivity index (χ3v) is 8.12. The zero-order valence-corrected chi connectivity index (χ0v) is 12.3. The first-order chi connectivity index (χ1) is 7.63. The van der Waals surface area contributed by atoms with Gasteiger partial charge in [-0.1, -0.05) is 20.8 Å². The Morgan fingerprint density at radius 1 is 1.47 bits per heavy atom. The van der Waals surface area contributed by atoms with Gasteiger partial charge in [-0.15, -0.1) is 0 Å². The van der Waals surface area contributed by atoms with Crippen LogP contribution in [0.25, 0.3) is 0 Å². The molecule has 98 valence electrons. The van der Waals surface area contributed by atoms with Crippen LogP contribution in [0.15, 0.2) is 12.2 Å². The van der Waals surface area contributed by atoms with E-state index in [1.54, 1.807) is 0 Å². The van der Waals surface area contributed by atoms with Gasteiger partial charge in [-0.25, -0.2) is 0 Å². The molecule has 0 saturated heterocycles. The van der Waals surface area contributed by atoms with E-state index in [-0.39, 0.29) is 17.0 Å². The summed E-state index contributed by atoms with van der Waals surface area (Å²) in [6, 6.07) is -0.332. The van der Waals surface area contributed by atoms with Gasteiger partial charge in [0.2, 0.25) is 5.91 Å². The van der Waals surface area contributed by atoms with Crippen molar-refractivity contribution in [1.82, 2.24) is 5.32 Å². The standard InChI is InChI=1S/C12H23NO3Si/c1-12(2,3)17(4,5)16-8-9-10(14)6-7-11(15)13-9/h6-7,9-10,14H,8H2,1-5H3,(H,13,15)/t9-,10+/m1/s1. The number of carbonyl (C=O) groups excluding carboxylic acids is 1. The summed E-state index contributed by atoms with van der Waals surface area (Å²) in [6.07, 6.45) is 2.21. The number of amides is 1. The third kappa shape index (κ3) is 3.66. The van der Waals surface area contributed by atoms with E-state index in [9.17, 15) is 9.90 Å². The van der Waals surface area contributed by atoms with Crippen LogP contribution >= 0.6 is 0 Å². The molecule has 0 aromatic rings. The van der Waals surface area contributed by atoms with Gasteiger partial charge in [-0.3, -0.25) is 4.79 Å². The van der Waals surface area contributed by atoms with Crippen molar-refractivity contribution in [3.8, 4) is 0 Å². The Balaban J connectivity index is 2.57. The Morgan fingerprint density at radius 2 is 2.06 bits per heavy atom. The number of hydrogen-bond acceptors (Lipinski definition) is 3. The monoisotopic (exact) mass is 257 g/mol. The van der Waals surface area contributed by atoms with E-state index >= 15 is 0 Å². The fourth-order valence-electron chi connectivity index (χ4n) is 1.29. The van der Waals surface area contributed by atoms with Crippen LogP contribution in [0.2, 0.25) is 18.1 Å². The van der Waals surface area contributed by atoms with Crippen LogP contribution in [0, 0.1) is 0 Å². The molecule has 0 aromatic carbocycles. The maximum atomic E-state index is 11.2. The first-order valence-electron chi connectivity index (χ1n) is 5.94. The van der Waals surface area contributed by atoms with E-state index in [2.05, 4.69) is 39.2 Å². The van der Waals surface area contributed by atoms with E-state index in [4.69, 9.17) is 4.43 Å². The smallest absolute Gasteiger partial charge is 0.244 e. The van der Waals surface area contributed by atoms with Gasteiger partial charge < -0.3 is 14.8 Å². The molecule has 5 heteroatoms. The van der Waals surface area contributed by atoms with Crippen molar-refractivity contribution in [2.24, 2.45) is 0 Å². The van der Waals surface area contributed by atoms with Gasteiger partial charge in [-0.2, -0.15) is 0 Å². The molecule has 0 aliphatic carbocycles. The number of carbonyl (C=O) groups is 1. The summed E-state index contributed by atoms with van der Waals surface area (Å²) in [5.41, 5.74) is 0. The second-order valence-electron chi connectivity index (χ2n) is 6.04. The summed E-state index contributed by atoms with van der Waals surface area (Å²) in [4.78, 5) is 11.2. The van der Waals surface area contributed by atoms with Gasteiger partial charge in [0.05, 0.1) is 18.8 Å². The summed E-state index contributed by atoms with van der Waals surface area (Å²) in [5.74, 6) is -0.167. The van der Waals surface area contributed by atoms with Crippen molar-refractivity contribution in [1.29, 1.82) is 0 Å². The van der Waals surface area contributed by atoms with Crippen LogP contribution in [0.3, 0.4) is 0 Å². The molecular formula is C12H23NO3Si. The largest absolute Gasteiger partial charge is 0.415 e. The molecule has 1 amide bonds. The maximum absolute atomic E-state index is 11.2. The molecular weight excluding hydrogens is 234 g/mol. The lowest BCUT2D eigenvalue weighted by atomic mass is 10.1. The van der Waals surface area contributed by atoms with Crippen molar-refractivity contribution in [3.05, 3.63) is 12.2 Å². The third-order valence-electron chi connectivity index (χ3n) is 3.61. The number of aliphatic hydroxyl groups excluding tert-OH is 1. The van der Waals surface area contributed by atoms with Crippen molar-refractivity contribution < 1.29 is 14.3 Å². The molecule has 1 aliphatic heterocycles. The molecule has 0 saturated carbocycles. The van der Waals surface area contributed by atoms with Crippen molar-refractivity contribution in [2.45, 2.75) is 51.0 Å². The van der Waals surface area contributed by atoms with Gasteiger partial charge in [0.15, 0.2) is 8.32 Å². The highest BCUT2D eigenvalue weighted by Crippen LogP contribution is 2.36. The highest BCUT2D eigenvalue weighted by molar-refractivity contribution is 6.74. The van der Waals surface area contributed by atoms with Crippen LogP contribution in [-0.4, -0.2) is 38.1 Å². The normalized spacial score (nSPS) is 25.9. The van der Waals surface area contributed by atoms with Gasteiger partial charge in [0.1, 0.15) is 0 Å². The zero-order chi connectivity index (χ0) is 13.3. The van der Waals surface area contributed by atoms with E-state index < -0.39 is 14.4 Å². The van der Waals surface area contributed by atoms with Crippen LogP contribution in [0.4, 0.5) is 0 Å². The first kappa shape index (κ1) is 14.4. The summed E-state index contributed by atoms with van der Waals surface area (Å²) >= 11 is 0. The molecule has 1 aliphatic rings. The predicted molar refractivity (Wildman–Crippen MR) is 70.2 cm³/mol. The van der Waals surface area contributed by atoms with Gasteiger partial charge in [0, 0.05) is 6.08 Å². The van der Waals surface area contributed by atoms with Crippen molar-refractivity contribution >= 4 is 14.2 Å². The summed E-state index contributed by atoms with van der Waals surface area (Å²) < 4.78 is 5.98. The molecule has 0 aromatic heterocycles. The molecule has 0 bridgehead atoms. The topological polar surface area (TPSA) is 58.6 Å². The van der Waals surface area contributed by atoms with Crippen LogP contribution in [0.1, 0.15) is 20.8 Å². The highest BCUT2D eigenvalue weighted by Gasteiger charge is 2.38. The Hall–Kier alpha value is -0.653. The van der Waals surface area contributed by atoms with Gasteiger partial charge >= 0.3 is 0 Å². The molecule has 0 radical (unpaired) electrons. The first-order valence-corrected chi connectivity index (χ1v) is 8.85. The average Bonchev–Trinajstić information content (AvgIpc) is 2.18. The molecule has 2 N–H and O–H groups in total. The molecule has 2 atom stereocenters. The van der Waals surface area contributed by atoms with E-state index in [0.29, 0.717) is 6.61 Å². The molecule has 0 spiro atoms. The lowest BCUT2D eigenvalue weighted by molar-refractivity contribution is -0.118. The second-order valence-corrected chi connectivity index (χ2v) is 10.8. The number of rotatable bonds is 3. The minimum atomic E-state index is -1.83. The van der Waals surface area contributed by atoms with Crippen LogP contribution in [-0.2, 0) is 9.22 Å². The molecule has 0 fully saturated rings. The minimum absolute atomic E-state index is 0.131. The Morgan fingerprint density at radius 3 is 2.59 bits per heavy atom. The molecule has 17 heavy (non-hydrogen) atoms. The van der Waals surface area contributed by atoms with Crippen molar-refractivity contribution in [2.75, 3.05) is 6.61 Å². The van der Waals surface area contributed by atoms with Gasteiger partial charge in [0.25, 0.3) is 0 Å². The highest BCUT2D eigenvalue weighted by atomic mass is 28.4. The molecule has 1 rings (SSSR count). The predicted octanol–water partition coefficient (Wildman–Crippen LogP) is 1.42. The Bertz CT molecular complexity index is 320. The summed E-state index contributed by atoms with van der Waals surface area (Å²) in [7, 11) is -1.83. The average molecular weight is 257 g/mol. The fourth-order valence-corrected chi connectivity index (χ4v) is 2.32. The lowest BCUT2D eigenvalue weighted by Gasteiger charge is -2.38. The van der Waals surface area contributed by atoms with Crippen molar-refractivity contribution in [3.63, 3.8) is 0 Å². The summed E-state index contributed by atoms with van der Waals surface area (Å²) in [5, 5.41) is 12.6. The summed E-state index contributed by atoms with van der Waals surface area (Å²) in [6.45, 7) is 11.2. The maximum Gasteiger partial charge on any atom is 0.244 e. The molecule has 1 heterocycles. The second kappa shape index (κ2) is 4.92. The number of aliphatic hydroxyl groups is 1. The molecule has 0 unspecified atom stereocenters. The minimum Gasteiger partial charge on any atom is -0.415 e. The molecule has 4 nitrogen and oxygen atoms in total. The van der Waals surface area contributed by atoms with E-state index in [1.165, 1.54) is 12.2 Å². The van der Waals surface area contributed by atoms with E-state index in [0.717, 1.165) is 0 Å². The van der Waals surface area contributed by atoms with E-state index in [1.807, 2.05) is 0 Å². The Kier molecular flexibility index (Phi) is 4.17. The fraction of sp³-hybridized carbons (Fsp3) is 0.750.